The van der Waals surface area contributed by atoms with Crippen LogP contribution in [0.4, 0.5) is 5.69 Å². The minimum absolute atomic E-state index is 0.0201. The van der Waals surface area contributed by atoms with Gasteiger partial charge in [0, 0.05) is 11.8 Å². The number of ether oxygens (including phenoxy) is 1. The van der Waals surface area contributed by atoms with Crippen molar-refractivity contribution in [3.05, 3.63) is 57.1 Å². The van der Waals surface area contributed by atoms with E-state index in [-0.39, 0.29) is 18.0 Å². The average Bonchev–Trinajstić information content (AvgIpc) is 2.35. The summed E-state index contributed by atoms with van der Waals surface area (Å²) < 4.78 is 5.37. The third kappa shape index (κ3) is 3.38. The third-order valence-corrected chi connectivity index (χ3v) is 2.48. The SMILES string of the molecule is Cc1cc(Cl)nc(COc2ccccc2[N+](=O)[O-])n1. The lowest BCUT2D eigenvalue weighted by atomic mass is 10.3. The number of nitro benzene ring substituents is 1. The van der Waals surface area contributed by atoms with E-state index < -0.39 is 4.92 Å². The molecule has 0 amide bonds. The minimum Gasteiger partial charge on any atom is -0.479 e. The van der Waals surface area contributed by atoms with Gasteiger partial charge in [-0.25, -0.2) is 9.97 Å². The van der Waals surface area contributed by atoms with Crippen LogP contribution in [-0.2, 0) is 6.61 Å². The summed E-state index contributed by atoms with van der Waals surface area (Å²) in [6.45, 7) is 1.80. The van der Waals surface area contributed by atoms with Gasteiger partial charge in [-0.3, -0.25) is 10.1 Å². The van der Waals surface area contributed by atoms with Crippen LogP contribution in [0, 0.1) is 17.0 Å². The number of para-hydroxylation sites is 2. The molecule has 98 valence electrons. The Morgan fingerprint density at radius 3 is 2.79 bits per heavy atom. The molecule has 1 aromatic heterocycles. The van der Waals surface area contributed by atoms with E-state index in [2.05, 4.69) is 9.97 Å². The summed E-state index contributed by atoms with van der Waals surface area (Å²) >= 11 is 5.80. The minimum atomic E-state index is -0.501. The van der Waals surface area contributed by atoms with Crippen molar-refractivity contribution in [2.45, 2.75) is 13.5 Å². The monoisotopic (exact) mass is 279 g/mol. The zero-order valence-electron chi connectivity index (χ0n) is 10.0. The van der Waals surface area contributed by atoms with Crippen LogP contribution in [-0.4, -0.2) is 14.9 Å². The second-order valence-corrected chi connectivity index (χ2v) is 4.15. The van der Waals surface area contributed by atoms with Crippen molar-refractivity contribution in [3.8, 4) is 5.75 Å². The van der Waals surface area contributed by atoms with Crippen LogP contribution in [0.5, 0.6) is 5.75 Å². The van der Waals surface area contributed by atoms with Crippen LogP contribution in [0.2, 0.25) is 5.15 Å². The molecule has 6 nitrogen and oxygen atoms in total. The largest absolute Gasteiger partial charge is 0.479 e. The van der Waals surface area contributed by atoms with Gasteiger partial charge >= 0.3 is 5.69 Å². The van der Waals surface area contributed by atoms with E-state index in [1.807, 2.05) is 0 Å². The molecule has 0 radical (unpaired) electrons. The number of hydrogen-bond donors (Lipinski definition) is 0. The van der Waals surface area contributed by atoms with E-state index in [9.17, 15) is 10.1 Å². The van der Waals surface area contributed by atoms with Gasteiger partial charge in [0.25, 0.3) is 0 Å². The Bertz CT molecular complexity index is 599. The Balaban J connectivity index is 2.16. The number of nitro groups is 1. The van der Waals surface area contributed by atoms with Crippen LogP contribution >= 0.6 is 11.6 Å². The van der Waals surface area contributed by atoms with E-state index in [0.717, 1.165) is 0 Å². The molecule has 0 aliphatic rings. The molecule has 19 heavy (non-hydrogen) atoms. The molecule has 0 atom stereocenters. The summed E-state index contributed by atoms with van der Waals surface area (Å²) in [6, 6.07) is 7.75. The molecule has 0 fully saturated rings. The van der Waals surface area contributed by atoms with Crippen LogP contribution < -0.4 is 4.74 Å². The molecule has 1 aromatic carbocycles. The summed E-state index contributed by atoms with van der Waals surface area (Å²) in [4.78, 5) is 18.4. The van der Waals surface area contributed by atoms with Crippen molar-refractivity contribution < 1.29 is 9.66 Å². The zero-order chi connectivity index (χ0) is 13.8. The van der Waals surface area contributed by atoms with Crippen molar-refractivity contribution in [2.75, 3.05) is 0 Å². The molecule has 0 N–H and O–H groups in total. The highest BCUT2D eigenvalue weighted by Crippen LogP contribution is 2.26. The molecule has 7 heteroatoms. The van der Waals surface area contributed by atoms with E-state index in [1.165, 1.54) is 12.1 Å². The maximum Gasteiger partial charge on any atom is 0.310 e. The summed E-state index contributed by atoms with van der Waals surface area (Å²) in [7, 11) is 0. The molecule has 2 aromatic rings. The molecule has 1 heterocycles. The normalized spacial score (nSPS) is 10.2. The van der Waals surface area contributed by atoms with Gasteiger partial charge in [-0.1, -0.05) is 23.7 Å². The van der Waals surface area contributed by atoms with E-state index in [4.69, 9.17) is 16.3 Å². The zero-order valence-corrected chi connectivity index (χ0v) is 10.8. The van der Waals surface area contributed by atoms with Gasteiger partial charge in [0.1, 0.15) is 11.8 Å². The molecular formula is C12H10ClN3O3. The number of aromatic nitrogens is 2. The summed E-state index contributed by atoms with van der Waals surface area (Å²) in [5, 5.41) is 11.1. The highest BCUT2D eigenvalue weighted by molar-refractivity contribution is 6.29. The highest BCUT2D eigenvalue weighted by Gasteiger charge is 2.14. The number of nitrogens with zero attached hydrogens (tertiary/aromatic N) is 3. The lowest BCUT2D eigenvalue weighted by Gasteiger charge is -2.06. The number of aryl methyl sites for hydroxylation is 1. The lowest BCUT2D eigenvalue weighted by Crippen LogP contribution is -2.04. The molecule has 0 saturated carbocycles. The van der Waals surface area contributed by atoms with Crippen molar-refractivity contribution in [3.63, 3.8) is 0 Å². The maximum atomic E-state index is 10.8. The molecule has 2 rings (SSSR count). The van der Waals surface area contributed by atoms with Gasteiger partial charge in [-0.2, -0.15) is 0 Å². The smallest absolute Gasteiger partial charge is 0.310 e. The molecular weight excluding hydrogens is 270 g/mol. The fraction of sp³-hybridized carbons (Fsp3) is 0.167. The number of rotatable bonds is 4. The van der Waals surface area contributed by atoms with Crippen LogP contribution in [0.15, 0.2) is 30.3 Å². The number of hydrogen-bond acceptors (Lipinski definition) is 5. The van der Waals surface area contributed by atoms with Crippen molar-refractivity contribution in [1.82, 2.24) is 9.97 Å². The molecule has 0 unspecified atom stereocenters. The predicted molar refractivity (Wildman–Crippen MR) is 69.2 cm³/mol. The summed E-state index contributed by atoms with van der Waals surface area (Å²) in [5.41, 5.74) is 0.613. The summed E-state index contributed by atoms with van der Waals surface area (Å²) in [5.74, 6) is 0.553. The Morgan fingerprint density at radius 2 is 2.11 bits per heavy atom. The second kappa shape index (κ2) is 5.62. The van der Waals surface area contributed by atoms with Gasteiger partial charge in [0.2, 0.25) is 0 Å². The Labute approximate surface area is 114 Å². The molecule has 0 aliphatic carbocycles. The van der Waals surface area contributed by atoms with Crippen molar-refractivity contribution >= 4 is 17.3 Å². The number of halogens is 1. The predicted octanol–water partition coefficient (Wildman–Crippen LogP) is 2.93. The fourth-order valence-corrected chi connectivity index (χ4v) is 1.78. The van der Waals surface area contributed by atoms with Gasteiger partial charge in [0.05, 0.1) is 4.92 Å². The maximum absolute atomic E-state index is 10.8. The molecule has 0 aliphatic heterocycles. The van der Waals surface area contributed by atoms with Gasteiger partial charge < -0.3 is 4.74 Å². The van der Waals surface area contributed by atoms with Crippen molar-refractivity contribution in [1.29, 1.82) is 0 Å². The first kappa shape index (κ1) is 13.2. The van der Waals surface area contributed by atoms with Crippen LogP contribution in [0.1, 0.15) is 11.5 Å². The molecule has 0 bridgehead atoms. The lowest BCUT2D eigenvalue weighted by molar-refractivity contribution is -0.385. The van der Waals surface area contributed by atoms with Gasteiger partial charge in [0.15, 0.2) is 11.6 Å². The first-order valence-electron chi connectivity index (χ1n) is 5.42. The molecule has 0 spiro atoms. The van der Waals surface area contributed by atoms with Crippen LogP contribution in [0.3, 0.4) is 0 Å². The van der Waals surface area contributed by atoms with Gasteiger partial charge in [-0.05, 0) is 19.1 Å². The third-order valence-electron chi connectivity index (χ3n) is 2.29. The van der Waals surface area contributed by atoms with E-state index in [0.29, 0.717) is 16.7 Å². The first-order chi connectivity index (χ1) is 9.06. The first-order valence-corrected chi connectivity index (χ1v) is 5.80. The van der Waals surface area contributed by atoms with Crippen molar-refractivity contribution in [2.24, 2.45) is 0 Å². The second-order valence-electron chi connectivity index (χ2n) is 3.76. The quantitative estimate of drug-likeness (QED) is 0.488. The number of benzene rings is 1. The average molecular weight is 280 g/mol. The Kier molecular flexibility index (Phi) is 3.91. The fourth-order valence-electron chi connectivity index (χ4n) is 1.53. The Hall–Kier alpha value is -2.21. The van der Waals surface area contributed by atoms with Crippen LogP contribution in [0.25, 0.3) is 0 Å². The highest BCUT2D eigenvalue weighted by atomic mass is 35.5. The van der Waals surface area contributed by atoms with Gasteiger partial charge in [-0.15, -0.1) is 0 Å². The van der Waals surface area contributed by atoms with E-state index in [1.54, 1.807) is 25.1 Å². The standard InChI is InChI=1S/C12H10ClN3O3/c1-8-6-11(13)15-12(14-8)7-19-10-5-3-2-4-9(10)16(17)18/h2-6H,7H2,1H3. The van der Waals surface area contributed by atoms with E-state index >= 15 is 0 Å². The molecule has 0 saturated heterocycles. The Morgan fingerprint density at radius 1 is 1.37 bits per heavy atom. The summed E-state index contributed by atoms with van der Waals surface area (Å²) in [6.07, 6.45) is 0. The topological polar surface area (TPSA) is 78.2 Å².